The fourth-order valence-corrected chi connectivity index (χ4v) is 13.6. The second-order valence-corrected chi connectivity index (χ2v) is 22.2. The summed E-state index contributed by atoms with van der Waals surface area (Å²) in [7, 11) is 0. The molecule has 0 N–H and O–H groups in total. The average molecular weight is 1010 g/mol. The van der Waals surface area contributed by atoms with Gasteiger partial charge in [-0.25, -0.2) is 0 Å². The Balaban J connectivity index is 0.960. The predicted octanol–water partition coefficient (Wildman–Crippen LogP) is 15.2. The van der Waals surface area contributed by atoms with Crippen LogP contribution in [0.2, 0.25) is 0 Å². The number of aryl methyl sites for hydroxylation is 6. The molecule has 0 saturated carbocycles. The summed E-state index contributed by atoms with van der Waals surface area (Å²) in [6, 6.07) is 89.1. The van der Waals surface area contributed by atoms with Gasteiger partial charge in [0.2, 0.25) is 0 Å². The SMILES string of the molecule is Cc1ccc(N2c3ccc(C)cc3B3c4ccc(N(c5ccc6c(c5)N(c5ccccc5)c5cccc7c5B6c5cc(C)ccc5N7c5ccc(C)cc5)c5c(C)cccc5C)cc4N(c4ccccc4)c4cccc2c43)cc1. The summed E-state index contributed by atoms with van der Waals surface area (Å²) in [4.78, 5) is 12.5. The molecule has 0 amide bonds. The van der Waals surface area contributed by atoms with Crippen molar-refractivity contribution in [3.05, 3.63) is 270 Å². The largest absolute Gasteiger partial charge is 0.311 e. The van der Waals surface area contributed by atoms with Crippen molar-refractivity contribution in [1.29, 1.82) is 0 Å². The number of nitrogens with zero attached hydrogens (tertiary/aromatic N) is 5. The molecule has 0 unspecified atom stereocenters. The van der Waals surface area contributed by atoms with Crippen LogP contribution in [0.1, 0.15) is 33.4 Å². The van der Waals surface area contributed by atoms with E-state index in [2.05, 4.69) is 303 Å². The van der Waals surface area contributed by atoms with Gasteiger partial charge in [-0.3, -0.25) is 0 Å². The van der Waals surface area contributed by atoms with E-state index in [-0.39, 0.29) is 13.4 Å². The Kier molecular flexibility index (Phi) is 10.7. The van der Waals surface area contributed by atoms with Gasteiger partial charge in [-0.05, 0) is 195 Å². The molecule has 4 heterocycles. The fourth-order valence-electron chi connectivity index (χ4n) is 13.6. The zero-order chi connectivity index (χ0) is 53.2. The third kappa shape index (κ3) is 7.26. The number of hydrogen-bond donors (Lipinski definition) is 0. The predicted molar refractivity (Wildman–Crippen MR) is 338 cm³/mol. The maximum atomic E-state index is 2.53. The first-order chi connectivity index (χ1) is 38.7. The van der Waals surface area contributed by atoms with Crippen LogP contribution in [0.4, 0.5) is 85.3 Å². The van der Waals surface area contributed by atoms with Gasteiger partial charge in [-0.2, -0.15) is 0 Å². The third-order valence-electron chi connectivity index (χ3n) is 17.1. The standard InChI is InChI=1S/C72H57B2N5/c1-46-26-32-54(33-27-46)76-62-40-30-48(3)42-60(62)73-58-38-36-56(44-68(58)78(52-18-9-7-10-19-52)66-24-14-22-64(76)70(66)73)75(72-50(5)16-13-17-51(72)6)57-37-39-59-69(45-57)79(53-20-11-8-12-21-53)67-25-15-23-65-71(67)74(59)61-43-49(4)31-41-63(61)77(65)55-34-28-47(2)29-35-55/h7-45H,1-6H3. The summed E-state index contributed by atoms with van der Waals surface area (Å²) in [6.45, 7) is 13.3. The van der Waals surface area contributed by atoms with Crippen LogP contribution in [-0.4, -0.2) is 13.4 Å². The number of rotatable bonds is 7. The van der Waals surface area contributed by atoms with Crippen LogP contribution in [0.3, 0.4) is 0 Å². The Morgan fingerprint density at radius 3 is 1.03 bits per heavy atom. The lowest BCUT2D eigenvalue weighted by Crippen LogP contribution is -2.61. The van der Waals surface area contributed by atoms with Gasteiger partial charge in [0.05, 0.1) is 5.69 Å². The fraction of sp³-hybridized carbons (Fsp3) is 0.0833. The molecule has 11 aromatic rings. The maximum Gasteiger partial charge on any atom is 0.252 e. The van der Waals surface area contributed by atoms with Crippen molar-refractivity contribution in [2.75, 3.05) is 24.5 Å². The monoisotopic (exact) mass is 1010 g/mol. The van der Waals surface area contributed by atoms with Crippen molar-refractivity contribution in [3.63, 3.8) is 0 Å². The molecule has 0 bridgehead atoms. The molecule has 4 aliphatic rings. The number of para-hydroxylation sites is 3. The molecule has 7 heteroatoms. The maximum absolute atomic E-state index is 2.53. The van der Waals surface area contributed by atoms with Crippen LogP contribution >= 0.6 is 0 Å². The summed E-state index contributed by atoms with van der Waals surface area (Å²) in [5, 5.41) is 0. The van der Waals surface area contributed by atoms with Crippen molar-refractivity contribution in [3.8, 4) is 0 Å². The van der Waals surface area contributed by atoms with Crippen LogP contribution in [0.25, 0.3) is 0 Å². The van der Waals surface area contributed by atoms with E-state index in [9.17, 15) is 0 Å². The average Bonchev–Trinajstić information content (AvgIpc) is 2.62. The highest BCUT2D eigenvalue weighted by Gasteiger charge is 2.45. The Morgan fingerprint density at radius 2 is 0.620 bits per heavy atom. The Bertz CT molecular complexity index is 3980. The van der Waals surface area contributed by atoms with Gasteiger partial charge in [-0.15, -0.1) is 0 Å². The minimum atomic E-state index is -0.00229. The Hall–Kier alpha value is -9.45. The number of benzene rings is 11. The van der Waals surface area contributed by atoms with Gasteiger partial charge in [0.25, 0.3) is 13.4 Å². The van der Waals surface area contributed by atoms with E-state index in [4.69, 9.17) is 0 Å². The molecule has 0 spiro atoms. The lowest BCUT2D eigenvalue weighted by molar-refractivity contribution is 1.20. The van der Waals surface area contributed by atoms with Crippen LogP contribution in [0, 0.1) is 41.5 Å². The second-order valence-electron chi connectivity index (χ2n) is 22.2. The third-order valence-corrected chi connectivity index (χ3v) is 17.1. The van der Waals surface area contributed by atoms with Crippen molar-refractivity contribution < 1.29 is 0 Å². The number of hydrogen-bond acceptors (Lipinski definition) is 5. The van der Waals surface area contributed by atoms with E-state index in [1.54, 1.807) is 0 Å². The van der Waals surface area contributed by atoms with Crippen LogP contribution in [-0.2, 0) is 0 Å². The van der Waals surface area contributed by atoms with E-state index >= 15 is 0 Å². The van der Waals surface area contributed by atoms with Gasteiger partial charge in [0.1, 0.15) is 0 Å². The van der Waals surface area contributed by atoms with E-state index in [0.29, 0.717) is 0 Å². The lowest BCUT2D eigenvalue weighted by Gasteiger charge is -2.45. The first-order valence-corrected chi connectivity index (χ1v) is 27.7. The van der Waals surface area contributed by atoms with E-state index < -0.39 is 0 Å². The summed E-state index contributed by atoms with van der Waals surface area (Å²) in [5.41, 5.74) is 32.7. The molecule has 0 radical (unpaired) electrons. The van der Waals surface area contributed by atoms with Gasteiger partial charge >= 0.3 is 0 Å². The summed E-state index contributed by atoms with van der Waals surface area (Å²) in [6.07, 6.45) is 0. The van der Waals surface area contributed by atoms with Gasteiger partial charge in [0.15, 0.2) is 0 Å². The second kappa shape index (κ2) is 18.1. The molecule has 376 valence electrons. The molecule has 15 rings (SSSR count). The molecule has 5 nitrogen and oxygen atoms in total. The molecular weight excluding hydrogens is 956 g/mol. The first-order valence-electron chi connectivity index (χ1n) is 27.7. The Labute approximate surface area is 465 Å². The highest BCUT2D eigenvalue weighted by Crippen LogP contribution is 2.49. The smallest absolute Gasteiger partial charge is 0.252 e. The summed E-state index contributed by atoms with van der Waals surface area (Å²) >= 11 is 0. The van der Waals surface area contributed by atoms with Crippen molar-refractivity contribution in [2.24, 2.45) is 0 Å². The normalized spacial score (nSPS) is 13.3. The molecule has 0 atom stereocenters. The minimum Gasteiger partial charge on any atom is -0.311 e. The molecule has 0 fully saturated rings. The van der Waals surface area contributed by atoms with Crippen molar-refractivity contribution >= 4 is 132 Å². The summed E-state index contributed by atoms with van der Waals surface area (Å²) < 4.78 is 0. The quantitative estimate of drug-likeness (QED) is 0.147. The number of anilines is 15. The van der Waals surface area contributed by atoms with E-state index in [1.165, 1.54) is 117 Å². The zero-order valence-corrected chi connectivity index (χ0v) is 45.4. The summed E-state index contributed by atoms with van der Waals surface area (Å²) in [5.74, 6) is 0. The van der Waals surface area contributed by atoms with Crippen LogP contribution in [0.15, 0.2) is 237 Å². The first kappa shape index (κ1) is 46.8. The topological polar surface area (TPSA) is 16.2 Å². The van der Waals surface area contributed by atoms with E-state index in [0.717, 1.165) is 34.1 Å². The molecule has 79 heavy (non-hydrogen) atoms. The van der Waals surface area contributed by atoms with E-state index in [1.807, 2.05) is 0 Å². The van der Waals surface area contributed by atoms with Crippen LogP contribution in [0.5, 0.6) is 0 Å². The van der Waals surface area contributed by atoms with Gasteiger partial charge in [-0.1, -0.05) is 150 Å². The highest BCUT2D eigenvalue weighted by molar-refractivity contribution is 7.01. The molecular formula is C72H57B2N5. The Morgan fingerprint density at radius 1 is 0.266 bits per heavy atom. The van der Waals surface area contributed by atoms with Gasteiger partial charge in [0, 0.05) is 79.6 Å². The highest BCUT2D eigenvalue weighted by atomic mass is 15.2. The lowest BCUT2D eigenvalue weighted by atomic mass is 9.33. The molecule has 11 aromatic carbocycles. The van der Waals surface area contributed by atoms with Crippen molar-refractivity contribution in [2.45, 2.75) is 41.5 Å². The molecule has 4 aliphatic heterocycles. The molecule has 0 aromatic heterocycles. The number of fused-ring (bicyclic) bond motifs is 8. The molecule has 0 saturated heterocycles. The van der Waals surface area contributed by atoms with Gasteiger partial charge < -0.3 is 24.5 Å². The molecule has 0 aliphatic carbocycles. The zero-order valence-electron chi connectivity index (χ0n) is 45.4. The minimum absolute atomic E-state index is 0.00229. The van der Waals surface area contributed by atoms with Crippen LogP contribution < -0.4 is 57.3 Å². The van der Waals surface area contributed by atoms with Crippen molar-refractivity contribution in [1.82, 2.24) is 0 Å².